The SMILES string of the molecule is CN(C(=O)NC1CC1)C(=O)OC(C)(C)C. The molecule has 0 heterocycles. The van der Waals surface area contributed by atoms with Gasteiger partial charge in [0.05, 0.1) is 0 Å². The Morgan fingerprint density at radius 1 is 1.33 bits per heavy atom. The van der Waals surface area contributed by atoms with Crippen molar-refractivity contribution < 1.29 is 14.3 Å². The van der Waals surface area contributed by atoms with Crippen LogP contribution in [0, 0.1) is 0 Å². The van der Waals surface area contributed by atoms with Crippen molar-refractivity contribution in [2.75, 3.05) is 7.05 Å². The minimum atomic E-state index is -0.624. The Hall–Kier alpha value is -1.26. The highest BCUT2D eigenvalue weighted by Gasteiger charge is 2.28. The zero-order valence-electron chi connectivity index (χ0n) is 9.66. The molecular formula is C10H18N2O3. The first-order valence-corrected chi connectivity index (χ1v) is 5.07. The topological polar surface area (TPSA) is 58.6 Å². The van der Waals surface area contributed by atoms with Crippen LogP contribution >= 0.6 is 0 Å². The fourth-order valence-corrected chi connectivity index (χ4v) is 0.912. The van der Waals surface area contributed by atoms with Crippen LogP contribution in [0.25, 0.3) is 0 Å². The van der Waals surface area contributed by atoms with Crippen LogP contribution in [-0.2, 0) is 4.74 Å². The minimum absolute atomic E-state index is 0.238. The summed E-state index contributed by atoms with van der Waals surface area (Å²) >= 11 is 0. The third kappa shape index (κ3) is 4.18. The number of amides is 3. The van der Waals surface area contributed by atoms with Crippen molar-refractivity contribution >= 4 is 12.1 Å². The smallest absolute Gasteiger partial charge is 0.418 e. The van der Waals surface area contributed by atoms with Gasteiger partial charge in [-0.3, -0.25) is 0 Å². The number of nitrogens with zero attached hydrogens (tertiary/aromatic N) is 1. The van der Waals surface area contributed by atoms with Crippen LogP contribution in [-0.4, -0.2) is 35.7 Å². The molecule has 86 valence electrons. The molecule has 0 radical (unpaired) electrons. The molecule has 0 atom stereocenters. The number of nitrogens with one attached hydrogen (secondary N) is 1. The van der Waals surface area contributed by atoms with Crippen molar-refractivity contribution in [1.82, 2.24) is 10.2 Å². The summed E-state index contributed by atoms with van der Waals surface area (Å²) in [5.74, 6) is 0. The summed E-state index contributed by atoms with van der Waals surface area (Å²) < 4.78 is 5.05. The predicted octanol–water partition coefficient (Wildman–Crippen LogP) is 1.73. The number of hydrogen-bond acceptors (Lipinski definition) is 3. The minimum Gasteiger partial charge on any atom is -0.443 e. The second-order valence-electron chi connectivity index (χ2n) is 4.76. The van der Waals surface area contributed by atoms with Crippen molar-refractivity contribution in [2.24, 2.45) is 0 Å². The number of carbonyl (C=O) groups is 2. The standard InChI is InChI=1S/C10H18N2O3/c1-10(2,3)15-9(14)12(4)8(13)11-7-5-6-7/h7H,5-6H2,1-4H3,(H,11,13). The van der Waals surface area contributed by atoms with Crippen LogP contribution < -0.4 is 5.32 Å². The molecule has 1 saturated carbocycles. The average Bonchev–Trinajstić information content (AvgIpc) is 2.83. The lowest BCUT2D eigenvalue weighted by atomic mass is 10.2. The van der Waals surface area contributed by atoms with Gasteiger partial charge in [0.15, 0.2) is 0 Å². The molecule has 0 saturated heterocycles. The molecule has 0 unspecified atom stereocenters. The van der Waals surface area contributed by atoms with Crippen molar-refractivity contribution in [3.63, 3.8) is 0 Å². The first-order valence-electron chi connectivity index (χ1n) is 5.07. The van der Waals surface area contributed by atoms with Gasteiger partial charge >= 0.3 is 12.1 Å². The van der Waals surface area contributed by atoms with Crippen LogP contribution in [0.4, 0.5) is 9.59 Å². The van der Waals surface area contributed by atoms with Crippen LogP contribution in [0.5, 0.6) is 0 Å². The van der Waals surface area contributed by atoms with Crippen molar-refractivity contribution in [3.05, 3.63) is 0 Å². The molecular weight excluding hydrogens is 196 g/mol. The van der Waals surface area contributed by atoms with Gasteiger partial charge in [-0.2, -0.15) is 0 Å². The maximum Gasteiger partial charge on any atom is 0.418 e. The monoisotopic (exact) mass is 214 g/mol. The first-order chi connectivity index (χ1) is 6.79. The largest absolute Gasteiger partial charge is 0.443 e. The molecule has 5 heteroatoms. The van der Waals surface area contributed by atoms with Gasteiger partial charge in [-0.15, -0.1) is 0 Å². The quantitative estimate of drug-likeness (QED) is 0.723. The molecule has 0 aromatic rings. The summed E-state index contributed by atoms with van der Waals surface area (Å²) in [4.78, 5) is 23.8. The molecule has 1 fully saturated rings. The van der Waals surface area contributed by atoms with Gasteiger partial charge in [-0.1, -0.05) is 0 Å². The van der Waals surface area contributed by atoms with E-state index in [1.54, 1.807) is 20.8 Å². The summed E-state index contributed by atoms with van der Waals surface area (Å²) in [5.41, 5.74) is -0.578. The molecule has 0 bridgehead atoms. The maximum atomic E-state index is 11.4. The van der Waals surface area contributed by atoms with E-state index >= 15 is 0 Å². The normalized spacial score (nSPS) is 15.7. The van der Waals surface area contributed by atoms with E-state index in [9.17, 15) is 9.59 Å². The van der Waals surface area contributed by atoms with Crippen LogP contribution in [0.15, 0.2) is 0 Å². The second kappa shape index (κ2) is 4.08. The molecule has 0 aliphatic heterocycles. The molecule has 0 spiro atoms. The van der Waals surface area contributed by atoms with E-state index < -0.39 is 17.7 Å². The van der Waals surface area contributed by atoms with Gasteiger partial charge in [0, 0.05) is 13.1 Å². The molecule has 15 heavy (non-hydrogen) atoms. The Labute approximate surface area is 89.8 Å². The van der Waals surface area contributed by atoms with Crippen LogP contribution in [0.3, 0.4) is 0 Å². The van der Waals surface area contributed by atoms with E-state index in [1.807, 2.05) is 0 Å². The highest BCUT2D eigenvalue weighted by atomic mass is 16.6. The molecule has 3 amide bonds. The van der Waals surface area contributed by atoms with E-state index in [0.717, 1.165) is 17.7 Å². The Kier molecular flexibility index (Phi) is 3.21. The lowest BCUT2D eigenvalue weighted by Gasteiger charge is -2.23. The van der Waals surface area contributed by atoms with Crippen LogP contribution in [0.1, 0.15) is 33.6 Å². The number of urea groups is 1. The van der Waals surface area contributed by atoms with E-state index in [2.05, 4.69) is 5.32 Å². The lowest BCUT2D eigenvalue weighted by Crippen LogP contribution is -2.44. The average molecular weight is 214 g/mol. The summed E-state index contributed by atoms with van der Waals surface area (Å²) in [5, 5.41) is 2.71. The highest BCUT2D eigenvalue weighted by molar-refractivity contribution is 5.90. The number of ether oxygens (including phenoxy) is 1. The van der Waals surface area contributed by atoms with Gasteiger partial charge in [0.2, 0.25) is 0 Å². The fraction of sp³-hybridized carbons (Fsp3) is 0.800. The fourth-order valence-electron chi connectivity index (χ4n) is 0.912. The lowest BCUT2D eigenvalue weighted by molar-refractivity contribution is 0.0359. The van der Waals surface area contributed by atoms with Gasteiger partial charge < -0.3 is 10.1 Å². The number of hydrogen-bond donors (Lipinski definition) is 1. The number of rotatable bonds is 1. The summed E-state index contributed by atoms with van der Waals surface area (Å²) in [6, 6.07) is -0.158. The summed E-state index contributed by atoms with van der Waals surface area (Å²) in [6.07, 6.45) is 1.36. The molecule has 1 N–H and O–H groups in total. The summed E-state index contributed by atoms with van der Waals surface area (Å²) in [7, 11) is 1.41. The van der Waals surface area contributed by atoms with Gasteiger partial charge in [-0.25, -0.2) is 14.5 Å². The van der Waals surface area contributed by atoms with Gasteiger partial charge in [0.1, 0.15) is 5.60 Å². The third-order valence-corrected chi connectivity index (χ3v) is 1.88. The maximum absolute atomic E-state index is 11.4. The molecule has 5 nitrogen and oxygen atoms in total. The van der Waals surface area contributed by atoms with Gasteiger partial charge in [-0.05, 0) is 33.6 Å². The summed E-state index contributed by atoms with van der Waals surface area (Å²) in [6.45, 7) is 5.28. The zero-order valence-corrected chi connectivity index (χ0v) is 9.66. The second-order valence-corrected chi connectivity index (χ2v) is 4.76. The predicted molar refractivity (Wildman–Crippen MR) is 55.6 cm³/mol. The Balaban J connectivity index is 2.40. The van der Waals surface area contributed by atoms with E-state index in [1.165, 1.54) is 7.05 Å². The van der Waals surface area contributed by atoms with Crippen molar-refractivity contribution in [1.29, 1.82) is 0 Å². The molecule has 0 aromatic heterocycles. The molecule has 0 aromatic carbocycles. The molecule has 1 rings (SSSR count). The van der Waals surface area contributed by atoms with Crippen molar-refractivity contribution in [3.8, 4) is 0 Å². The number of imide groups is 1. The first kappa shape index (κ1) is 11.8. The Morgan fingerprint density at radius 3 is 2.27 bits per heavy atom. The highest BCUT2D eigenvalue weighted by Crippen LogP contribution is 2.19. The van der Waals surface area contributed by atoms with Crippen LogP contribution in [0.2, 0.25) is 0 Å². The Bertz CT molecular complexity index is 266. The van der Waals surface area contributed by atoms with E-state index in [0.29, 0.717) is 0 Å². The Morgan fingerprint density at radius 2 is 1.87 bits per heavy atom. The van der Waals surface area contributed by atoms with E-state index in [-0.39, 0.29) is 6.04 Å². The zero-order chi connectivity index (χ0) is 11.6. The van der Waals surface area contributed by atoms with E-state index in [4.69, 9.17) is 4.74 Å². The molecule has 1 aliphatic carbocycles. The molecule has 1 aliphatic rings. The van der Waals surface area contributed by atoms with Gasteiger partial charge in [0.25, 0.3) is 0 Å². The third-order valence-electron chi connectivity index (χ3n) is 1.88. The number of carbonyl (C=O) groups excluding carboxylic acids is 2. The van der Waals surface area contributed by atoms with Crippen molar-refractivity contribution in [2.45, 2.75) is 45.3 Å².